The molecule has 1 fully saturated rings. The van der Waals surface area contributed by atoms with Crippen molar-refractivity contribution in [2.45, 2.75) is 0 Å². The molecular weight excluding hydrogens is 342 g/mol. The Morgan fingerprint density at radius 1 is 1.24 bits per heavy atom. The van der Waals surface area contributed by atoms with Crippen molar-refractivity contribution >= 4 is 34.8 Å². The average Bonchev–Trinajstić information content (AvgIpc) is 2.61. The zero-order chi connectivity index (χ0) is 17.6. The van der Waals surface area contributed by atoms with Crippen molar-refractivity contribution in [3.8, 4) is 5.75 Å². The van der Waals surface area contributed by atoms with E-state index in [1.807, 2.05) is 23.1 Å². The summed E-state index contributed by atoms with van der Waals surface area (Å²) < 4.78 is 5.40. The maximum absolute atomic E-state index is 12.0. The maximum atomic E-state index is 12.0. The molecule has 1 aliphatic rings. The highest BCUT2D eigenvalue weighted by Crippen LogP contribution is 2.29. The largest absolute Gasteiger partial charge is 0.484 e. The lowest BCUT2D eigenvalue weighted by molar-refractivity contribution is -0.120. The molecule has 1 heterocycles. The van der Waals surface area contributed by atoms with Gasteiger partial charge in [0.05, 0.1) is 17.3 Å². The number of amides is 2. The molecule has 0 aromatic heterocycles. The summed E-state index contributed by atoms with van der Waals surface area (Å²) in [7, 11) is 0. The molecule has 1 saturated heterocycles. The van der Waals surface area contributed by atoms with Gasteiger partial charge in [-0.15, -0.1) is 0 Å². The van der Waals surface area contributed by atoms with Crippen LogP contribution in [-0.4, -0.2) is 38.1 Å². The van der Waals surface area contributed by atoms with Crippen LogP contribution in [0.4, 0.5) is 11.4 Å². The topological polar surface area (TPSA) is 70.7 Å². The van der Waals surface area contributed by atoms with E-state index < -0.39 is 0 Å². The molecule has 130 valence electrons. The molecule has 0 bridgehead atoms. The molecule has 2 aromatic carbocycles. The van der Waals surface area contributed by atoms with Crippen LogP contribution in [0.15, 0.2) is 48.5 Å². The molecule has 0 radical (unpaired) electrons. The molecule has 3 rings (SSSR count). The van der Waals surface area contributed by atoms with E-state index in [1.165, 1.54) is 0 Å². The van der Waals surface area contributed by atoms with Gasteiger partial charge in [0.15, 0.2) is 6.61 Å². The van der Waals surface area contributed by atoms with Crippen molar-refractivity contribution in [3.05, 3.63) is 53.6 Å². The van der Waals surface area contributed by atoms with Crippen LogP contribution in [0.2, 0.25) is 5.02 Å². The molecule has 0 aliphatic carbocycles. The van der Waals surface area contributed by atoms with Crippen LogP contribution in [0, 0.1) is 0 Å². The number of rotatable bonds is 5. The van der Waals surface area contributed by atoms with Gasteiger partial charge in [-0.05, 0) is 30.3 Å². The van der Waals surface area contributed by atoms with Gasteiger partial charge in [-0.25, -0.2) is 0 Å². The van der Waals surface area contributed by atoms with E-state index in [4.69, 9.17) is 16.3 Å². The van der Waals surface area contributed by atoms with Gasteiger partial charge in [0, 0.05) is 18.8 Å². The number of carbonyl (C=O) groups is 2. The molecule has 1 aliphatic heterocycles. The fourth-order valence-corrected chi connectivity index (χ4v) is 2.85. The minimum atomic E-state index is -0.273. The quantitative estimate of drug-likeness (QED) is 0.859. The molecule has 0 unspecified atom stereocenters. The number of hydrogen-bond donors (Lipinski definition) is 2. The summed E-state index contributed by atoms with van der Waals surface area (Å²) in [6, 6.07) is 14.4. The average molecular weight is 360 g/mol. The molecule has 25 heavy (non-hydrogen) atoms. The monoisotopic (exact) mass is 359 g/mol. The predicted molar refractivity (Wildman–Crippen MR) is 97.2 cm³/mol. The summed E-state index contributed by atoms with van der Waals surface area (Å²) in [4.78, 5) is 25.4. The molecule has 2 aromatic rings. The number of nitrogens with one attached hydrogen (secondary N) is 2. The first-order valence-electron chi connectivity index (χ1n) is 7.91. The van der Waals surface area contributed by atoms with Crippen LogP contribution in [0.5, 0.6) is 5.75 Å². The number of carbonyl (C=O) groups excluding carboxylic acids is 2. The Bertz CT molecular complexity index is 767. The first-order valence-corrected chi connectivity index (χ1v) is 8.28. The third-order valence-electron chi connectivity index (χ3n) is 3.72. The fraction of sp³-hybridized carbons (Fsp3) is 0.222. The van der Waals surface area contributed by atoms with E-state index in [2.05, 4.69) is 10.6 Å². The maximum Gasteiger partial charge on any atom is 0.262 e. The Kier molecular flexibility index (Phi) is 5.40. The highest BCUT2D eigenvalue weighted by molar-refractivity contribution is 6.33. The molecule has 2 amide bonds. The molecule has 6 nitrogen and oxygen atoms in total. The van der Waals surface area contributed by atoms with E-state index in [9.17, 15) is 9.59 Å². The second kappa shape index (κ2) is 7.90. The van der Waals surface area contributed by atoms with Crippen LogP contribution in [-0.2, 0) is 9.59 Å². The van der Waals surface area contributed by atoms with Crippen molar-refractivity contribution in [3.63, 3.8) is 0 Å². The molecular formula is C18H18ClN3O3. The van der Waals surface area contributed by atoms with E-state index in [1.54, 1.807) is 30.3 Å². The first kappa shape index (κ1) is 17.1. The zero-order valence-corrected chi connectivity index (χ0v) is 14.3. The Hall–Kier alpha value is -2.73. The molecule has 0 spiro atoms. The van der Waals surface area contributed by atoms with Gasteiger partial charge in [-0.2, -0.15) is 0 Å². The number of nitrogens with zero attached hydrogens (tertiary/aromatic N) is 1. The Balaban J connectivity index is 1.58. The Morgan fingerprint density at radius 3 is 2.76 bits per heavy atom. The molecule has 0 saturated carbocycles. The predicted octanol–water partition coefficient (Wildman–Crippen LogP) is 2.29. The summed E-state index contributed by atoms with van der Waals surface area (Å²) in [6.45, 7) is 1.47. The number of anilines is 2. The van der Waals surface area contributed by atoms with Crippen molar-refractivity contribution in [2.75, 3.05) is 36.5 Å². The third-order valence-corrected chi connectivity index (χ3v) is 4.03. The summed E-state index contributed by atoms with van der Waals surface area (Å²) in [6.07, 6.45) is 0. The number of piperazine rings is 1. The van der Waals surface area contributed by atoms with Crippen LogP contribution in [0.1, 0.15) is 0 Å². The normalized spacial score (nSPS) is 14.0. The van der Waals surface area contributed by atoms with E-state index in [0.29, 0.717) is 29.5 Å². The van der Waals surface area contributed by atoms with Crippen LogP contribution in [0.3, 0.4) is 0 Å². The summed E-state index contributed by atoms with van der Waals surface area (Å²) in [5, 5.41) is 6.00. The highest BCUT2D eigenvalue weighted by Gasteiger charge is 2.18. The van der Waals surface area contributed by atoms with Gasteiger partial charge in [-0.3, -0.25) is 9.59 Å². The smallest absolute Gasteiger partial charge is 0.262 e. The minimum absolute atomic E-state index is 0.0299. The van der Waals surface area contributed by atoms with Gasteiger partial charge in [-0.1, -0.05) is 29.8 Å². The van der Waals surface area contributed by atoms with Gasteiger partial charge in [0.2, 0.25) is 5.91 Å². The second-order valence-electron chi connectivity index (χ2n) is 5.59. The second-order valence-corrected chi connectivity index (χ2v) is 5.99. The first-order chi connectivity index (χ1) is 12.1. The number of halogens is 1. The third kappa shape index (κ3) is 4.64. The summed E-state index contributed by atoms with van der Waals surface area (Å²) in [5.41, 5.74) is 1.35. The van der Waals surface area contributed by atoms with Gasteiger partial charge < -0.3 is 20.3 Å². The van der Waals surface area contributed by atoms with Gasteiger partial charge >= 0.3 is 0 Å². The SMILES string of the molecule is O=C1CN(c2ccc(NC(=O)COc3ccccc3)cc2Cl)CCN1. The number of hydrogen-bond acceptors (Lipinski definition) is 4. The highest BCUT2D eigenvalue weighted by atomic mass is 35.5. The zero-order valence-electron chi connectivity index (χ0n) is 13.5. The Labute approximate surface area is 150 Å². The van der Waals surface area contributed by atoms with Crippen LogP contribution < -0.4 is 20.3 Å². The van der Waals surface area contributed by atoms with Crippen LogP contribution >= 0.6 is 11.6 Å². The fourth-order valence-electron chi connectivity index (χ4n) is 2.55. The summed E-state index contributed by atoms with van der Waals surface area (Å²) >= 11 is 6.31. The standard InChI is InChI=1S/C18H18ClN3O3/c19-15-10-13(6-7-16(15)22-9-8-20-17(23)11-22)21-18(24)12-25-14-4-2-1-3-5-14/h1-7,10H,8-9,11-12H2,(H,20,23)(H,21,24). The van der Waals surface area contributed by atoms with E-state index >= 15 is 0 Å². The van der Waals surface area contributed by atoms with Crippen LogP contribution in [0.25, 0.3) is 0 Å². The molecule has 0 atom stereocenters. The summed E-state index contributed by atoms with van der Waals surface area (Å²) in [5.74, 6) is 0.331. The Morgan fingerprint density at radius 2 is 2.04 bits per heavy atom. The molecule has 2 N–H and O–H groups in total. The number of para-hydroxylation sites is 1. The lowest BCUT2D eigenvalue weighted by Crippen LogP contribution is -2.47. The molecule has 7 heteroatoms. The van der Waals surface area contributed by atoms with Gasteiger partial charge in [0.25, 0.3) is 5.91 Å². The lowest BCUT2D eigenvalue weighted by Gasteiger charge is -2.29. The number of benzene rings is 2. The van der Waals surface area contributed by atoms with Crippen molar-refractivity contribution in [1.29, 1.82) is 0 Å². The lowest BCUT2D eigenvalue weighted by atomic mass is 10.2. The van der Waals surface area contributed by atoms with Crippen molar-refractivity contribution in [2.24, 2.45) is 0 Å². The minimum Gasteiger partial charge on any atom is -0.484 e. The van der Waals surface area contributed by atoms with Crippen molar-refractivity contribution in [1.82, 2.24) is 5.32 Å². The van der Waals surface area contributed by atoms with Crippen molar-refractivity contribution < 1.29 is 14.3 Å². The van der Waals surface area contributed by atoms with E-state index in [0.717, 1.165) is 5.69 Å². The number of ether oxygens (including phenoxy) is 1. The van der Waals surface area contributed by atoms with E-state index in [-0.39, 0.29) is 25.0 Å². The van der Waals surface area contributed by atoms with Gasteiger partial charge in [0.1, 0.15) is 5.75 Å².